The van der Waals surface area contributed by atoms with Crippen molar-refractivity contribution in [1.82, 2.24) is 5.32 Å². The molecule has 1 aliphatic rings. The van der Waals surface area contributed by atoms with Gasteiger partial charge in [0.05, 0.1) is 12.6 Å². The van der Waals surface area contributed by atoms with Gasteiger partial charge in [-0.15, -0.1) is 0 Å². The molecule has 1 saturated carbocycles. The molecule has 0 aliphatic heterocycles. The molecule has 0 aromatic carbocycles. The van der Waals surface area contributed by atoms with E-state index >= 15 is 0 Å². The first kappa shape index (κ1) is 12.1. The number of rotatable bonds is 4. The molecule has 5 nitrogen and oxygen atoms in total. The van der Waals surface area contributed by atoms with E-state index < -0.39 is 4.92 Å². The third-order valence-electron chi connectivity index (χ3n) is 3.48. The molecule has 1 aromatic heterocycles. The second-order valence-electron chi connectivity index (χ2n) is 4.75. The van der Waals surface area contributed by atoms with Crippen LogP contribution in [0.2, 0.25) is 0 Å². The van der Waals surface area contributed by atoms with Gasteiger partial charge < -0.3 is 9.73 Å². The monoisotopic (exact) mass is 238 g/mol. The molecule has 17 heavy (non-hydrogen) atoms. The Hall–Kier alpha value is -1.36. The Bertz CT molecular complexity index is 389. The first-order chi connectivity index (χ1) is 8.16. The maximum absolute atomic E-state index is 10.5. The molecule has 0 saturated heterocycles. The number of hydrogen-bond acceptors (Lipinski definition) is 4. The van der Waals surface area contributed by atoms with Gasteiger partial charge in [-0.05, 0) is 24.8 Å². The summed E-state index contributed by atoms with van der Waals surface area (Å²) in [6.07, 6.45) is 5.02. The maximum atomic E-state index is 10.5. The number of nitrogens with zero attached hydrogens (tertiary/aromatic N) is 1. The fraction of sp³-hybridized carbons (Fsp3) is 0.667. The number of nitro groups is 1. The summed E-state index contributed by atoms with van der Waals surface area (Å²) in [5, 5.41) is 13.9. The maximum Gasteiger partial charge on any atom is 0.433 e. The van der Waals surface area contributed by atoms with E-state index in [1.807, 2.05) is 0 Å². The number of hydrogen-bond donors (Lipinski definition) is 1. The Balaban J connectivity index is 1.86. The third kappa shape index (κ3) is 3.06. The highest BCUT2D eigenvalue weighted by Crippen LogP contribution is 2.24. The normalized spacial score (nSPS) is 24.8. The van der Waals surface area contributed by atoms with Crippen molar-refractivity contribution in [3.63, 3.8) is 0 Å². The largest absolute Gasteiger partial charge is 0.433 e. The van der Waals surface area contributed by atoms with E-state index in [1.54, 1.807) is 6.07 Å². The molecule has 0 bridgehead atoms. The van der Waals surface area contributed by atoms with Crippen molar-refractivity contribution >= 4 is 5.88 Å². The average Bonchev–Trinajstić information content (AvgIpc) is 2.77. The predicted molar refractivity (Wildman–Crippen MR) is 63.6 cm³/mol. The summed E-state index contributed by atoms with van der Waals surface area (Å²) in [4.78, 5) is 9.96. The Labute approximate surface area is 100 Å². The van der Waals surface area contributed by atoms with Crippen LogP contribution in [0.1, 0.15) is 38.4 Å². The predicted octanol–water partition coefficient (Wildman–Crippen LogP) is 2.86. The van der Waals surface area contributed by atoms with E-state index in [0.717, 1.165) is 0 Å². The summed E-state index contributed by atoms with van der Waals surface area (Å²) in [5.74, 6) is 1.13. The zero-order valence-electron chi connectivity index (χ0n) is 10.0. The quantitative estimate of drug-likeness (QED) is 0.647. The molecule has 1 N–H and O–H groups in total. The van der Waals surface area contributed by atoms with E-state index in [2.05, 4.69) is 12.2 Å². The molecule has 2 unspecified atom stereocenters. The van der Waals surface area contributed by atoms with Gasteiger partial charge in [-0.2, -0.15) is 0 Å². The molecule has 2 rings (SSSR count). The van der Waals surface area contributed by atoms with Crippen LogP contribution in [0.25, 0.3) is 0 Å². The molecule has 0 amide bonds. The van der Waals surface area contributed by atoms with Crippen LogP contribution < -0.4 is 5.32 Å². The highest BCUT2D eigenvalue weighted by atomic mass is 16.6. The second-order valence-corrected chi connectivity index (χ2v) is 4.75. The standard InChI is InChI=1S/C12H18N2O3/c1-9-4-2-3-5-11(9)13-8-10-6-7-12(17-10)14(15)16/h6-7,9,11,13H,2-5,8H2,1H3. The molecule has 2 atom stereocenters. The summed E-state index contributed by atoms with van der Waals surface area (Å²) < 4.78 is 5.11. The van der Waals surface area contributed by atoms with Crippen molar-refractivity contribution in [2.24, 2.45) is 5.92 Å². The second kappa shape index (κ2) is 5.31. The highest BCUT2D eigenvalue weighted by molar-refractivity contribution is 5.17. The molecule has 94 valence electrons. The van der Waals surface area contributed by atoms with Gasteiger partial charge in [0, 0.05) is 6.04 Å². The fourth-order valence-corrected chi connectivity index (χ4v) is 2.41. The summed E-state index contributed by atoms with van der Waals surface area (Å²) in [7, 11) is 0. The molecular formula is C12H18N2O3. The zero-order chi connectivity index (χ0) is 12.3. The van der Waals surface area contributed by atoms with Crippen molar-refractivity contribution in [2.45, 2.75) is 45.2 Å². The Kier molecular flexibility index (Phi) is 3.78. The van der Waals surface area contributed by atoms with Crippen LogP contribution >= 0.6 is 0 Å². The van der Waals surface area contributed by atoms with Gasteiger partial charge in [0.25, 0.3) is 0 Å². The summed E-state index contributed by atoms with van der Waals surface area (Å²) in [6, 6.07) is 3.58. The van der Waals surface area contributed by atoms with E-state index in [4.69, 9.17) is 4.42 Å². The lowest BCUT2D eigenvalue weighted by Gasteiger charge is -2.29. The van der Waals surface area contributed by atoms with Crippen molar-refractivity contribution in [2.75, 3.05) is 0 Å². The van der Waals surface area contributed by atoms with Crippen LogP contribution in [-0.4, -0.2) is 11.0 Å². The van der Waals surface area contributed by atoms with Gasteiger partial charge >= 0.3 is 5.88 Å². The van der Waals surface area contributed by atoms with Gasteiger partial charge in [0.2, 0.25) is 0 Å². The first-order valence-corrected chi connectivity index (χ1v) is 6.13. The van der Waals surface area contributed by atoms with Gasteiger partial charge in [-0.3, -0.25) is 10.1 Å². The molecule has 1 heterocycles. The Morgan fingerprint density at radius 1 is 1.47 bits per heavy atom. The van der Waals surface area contributed by atoms with Crippen LogP contribution in [0.5, 0.6) is 0 Å². The Morgan fingerprint density at radius 3 is 2.88 bits per heavy atom. The van der Waals surface area contributed by atoms with Crippen molar-refractivity contribution in [3.8, 4) is 0 Å². The first-order valence-electron chi connectivity index (χ1n) is 6.13. The summed E-state index contributed by atoms with van der Waals surface area (Å²) in [5.41, 5.74) is 0. The topological polar surface area (TPSA) is 68.3 Å². The molecular weight excluding hydrogens is 220 g/mol. The molecule has 0 spiro atoms. The minimum atomic E-state index is -0.507. The highest BCUT2D eigenvalue weighted by Gasteiger charge is 2.21. The molecule has 5 heteroatoms. The van der Waals surface area contributed by atoms with Crippen molar-refractivity contribution in [3.05, 3.63) is 28.0 Å². The van der Waals surface area contributed by atoms with E-state index in [-0.39, 0.29) is 5.88 Å². The van der Waals surface area contributed by atoms with Crippen LogP contribution in [0.15, 0.2) is 16.5 Å². The zero-order valence-corrected chi connectivity index (χ0v) is 10.0. The number of furan rings is 1. The van der Waals surface area contributed by atoms with Crippen LogP contribution in [0.3, 0.4) is 0 Å². The molecule has 1 aliphatic carbocycles. The molecule has 1 fully saturated rings. The van der Waals surface area contributed by atoms with Crippen molar-refractivity contribution < 1.29 is 9.34 Å². The van der Waals surface area contributed by atoms with Crippen LogP contribution in [-0.2, 0) is 6.54 Å². The summed E-state index contributed by atoms with van der Waals surface area (Å²) in [6.45, 7) is 2.82. The molecule has 1 aromatic rings. The minimum absolute atomic E-state index is 0.182. The van der Waals surface area contributed by atoms with Gasteiger partial charge in [-0.25, -0.2) is 0 Å². The Morgan fingerprint density at radius 2 is 2.24 bits per heavy atom. The fourth-order valence-electron chi connectivity index (χ4n) is 2.41. The summed E-state index contributed by atoms with van der Waals surface area (Å²) >= 11 is 0. The third-order valence-corrected chi connectivity index (χ3v) is 3.48. The lowest BCUT2D eigenvalue weighted by molar-refractivity contribution is -0.402. The van der Waals surface area contributed by atoms with Gasteiger partial charge in [0.1, 0.15) is 10.7 Å². The lowest BCUT2D eigenvalue weighted by atomic mass is 9.86. The van der Waals surface area contributed by atoms with Crippen LogP contribution in [0.4, 0.5) is 5.88 Å². The van der Waals surface area contributed by atoms with Gasteiger partial charge in [-0.1, -0.05) is 19.8 Å². The van der Waals surface area contributed by atoms with E-state index in [1.165, 1.54) is 31.7 Å². The number of nitrogens with one attached hydrogen (secondary N) is 1. The van der Waals surface area contributed by atoms with Crippen LogP contribution in [0, 0.1) is 16.0 Å². The van der Waals surface area contributed by atoms with E-state index in [0.29, 0.717) is 24.3 Å². The SMILES string of the molecule is CC1CCCCC1NCc1ccc([N+](=O)[O-])o1. The molecule has 0 radical (unpaired) electrons. The average molecular weight is 238 g/mol. The minimum Gasteiger partial charge on any atom is -0.404 e. The van der Waals surface area contributed by atoms with E-state index in [9.17, 15) is 10.1 Å². The lowest BCUT2D eigenvalue weighted by Crippen LogP contribution is -2.36. The van der Waals surface area contributed by atoms with Gasteiger partial charge in [0.15, 0.2) is 0 Å². The van der Waals surface area contributed by atoms with Crippen molar-refractivity contribution in [1.29, 1.82) is 0 Å². The smallest absolute Gasteiger partial charge is 0.404 e.